The Morgan fingerprint density at radius 3 is 2.90 bits per heavy atom. The zero-order chi connectivity index (χ0) is 7.40. The molecule has 1 aromatic rings. The Bertz CT molecular complexity index is 201. The summed E-state index contributed by atoms with van der Waals surface area (Å²) in [6, 6.07) is 0. The highest BCUT2D eigenvalue weighted by molar-refractivity contribution is 7.15. The minimum absolute atomic E-state index is 0.0247. The number of hydrogen-bond acceptors (Lipinski definition) is 5. The second kappa shape index (κ2) is 3.48. The predicted octanol–water partition coefficient (Wildman–Crippen LogP) is 0.462. The third-order valence-electron chi connectivity index (χ3n) is 0.930. The molecule has 1 heterocycles. The SMILES string of the molecule is CCNc1nnc(CO)s1. The smallest absolute Gasteiger partial charge is 0.205 e. The molecule has 0 fully saturated rings. The molecule has 1 aromatic heterocycles. The molecule has 0 aliphatic carbocycles. The summed E-state index contributed by atoms with van der Waals surface area (Å²) < 4.78 is 0. The quantitative estimate of drug-likeness (QED) is 0.672. The second-order valence-electron chi connectivity index (χ2n) is 1.69. The standard InChI is InChI=1S/C5H9N3OS/c1-2-6-5-8-7-4(3-9)10-5/h9H,2-3H2,1H3,(H,6,8). The van der Waals surface area contributed by atoms with E-state index in [4.69, 9.17) is 5.11 Å². The van der Waals surface area contributed by atoms with Gasteiger partial charge in [0.05, 0.1) is 6.61 Å². The van der Waals surface area contributed by atoms with Crippen molar-refractivity contribution in [3.63, 3.8) is 0 Å². The van der Waals surface area contributed by atoms with Crippen LogP contribution in [0.3, 0.4) is 0 Å². The predicted molar refractivity (Wildman–Crippen MR) is 40.0 cm³/mol. The lowest BCUT2D eigenvalue weighted by Gasteiger charge is -1.90. The molecule has 0 aliphatic rings. The van der Waals surface area contributed by atoms with E-state index >= 15 is 0 Å². The number of nitrogens with one attached hydrogen (secondary N) is 1. The van der Waals surface area contributed by atoms with Gasteiger partial charge in [-0.2, -0.15) is 0 Å². The topological polar surface area (TPSA) is 58.0 Å². The van der Waals surface area contributed by atoms with Gasteiger partial charge in [0, 0.05) is 6.54 Å². The van der Waals surface area contributed by atoms with Gasteiger partial charge in [0.2, 0.25) is 5.13 Å². The van der Waals surface area contributed by atoms with Gasteiger partial charge in [-0.3, -0.25) is 0 Å². The Kier molecular flexibility index (Phi) is 2.58. The van der Waals surface area contributed by atoms with E-state index in [1.807, 2.05) is 6.92 Å². The summed E-state index contributed by atoms with van der Waals surface area (Å²) in [6.45, 7) is 2.79. The molecular weight excluding hydrogens is 150 g/mol. The van der Waals surface area contributed by atoms with Crippen molar-refractivity contribution < 1.29 is 5.11 Å². The molecule has 5 heteroatoms. The minimum Gasteiger partial charge on any atom is -0.389 e. The average Bonchev–Trinajstić information content (AvgIpc) is 2.37. The molecule has 0 aliphatic heterocycles. The van der Waals surface area contributed by atoms with Crippen LogP contribution in [-0.4, -0.2) is 21.8 Å². The molecule has 0 saturated heterocycles. The zero-order valence-electron chi connectivity index (χ0n) is 5.66. The van der Waals surface area contributed by atoms with Crippen LogP contribution >= 0.6 is 11.3 Å². The van der Waals surface area contributed by atoms with Crippen LogP contribution in [0.5, 0.6) is 0 Å². The normalized spacial score (nSPS) is 9.80. The van der Waals surface area contributed by atoms with E-state index in [2.05, 4.69) is 15.5 Å². The van der Waals surface area contributed by atoms with Crippen LogP contribution in [0.15, 0.2) is 0 Å². The first kappa shape index (κ1) is 7.43. The third-order valence-corrected chi connectivity index (χ3v) is 1.80. The van der Waals surface area contributed by atoms with Crippen molar-refractivity contribution in [2.75, 3.05) is 11.9 Å². The van der Waals surface area contributed by atoms with Crippen LogP contribution in [0.4, 0.5) is 5.13 Å². The molecule has 0 unspecified atom stereocenters. The fraction of sp³-hybridized carbons (Fsp3) is 0.600. The van der Waals surface area contributed by atoms with Gasteiger partial charge in [-0.1, -0.05) is 11.3 Å². The molecule has 10 heavy (non-hydrogen) atoms. The largest absolute Gasteiger partial charge is 0.389 e. The van der Waals surface area contributed by atoms with Crippen molar-refractivity contribution >= 4 is 16.5 Å². The maximum Gasteiger partial charge on any atom is 0.205 e. The summed E-state index contributed by atoms with van der Waals surface area (Å²) in [6.07, 6.45) is 0. The van der Waals surface area contributed by atoms with Crippen LogP contribution in [0.2, 0.25) is 0 Å². The van der Waals surface area contributed by atoms with E-state index in [0.29, 0.717) is 5.01 Å². The molecule has 0 saturated carbocycles. The summed E-state index contributed by atoms with van der Waals surface area (Å²) >= 11 is 1.37. The first-order valence-corrected chi connectivity index (χ1v) is 3.85. The summed E-state index contributed by atoms with van der Waals surface area (Å²) in [5.74, 6) is 0. The van der Waals surface area contributed by atoms with Gasteiger partial charge in [-0.05, 0) is 6.92 Å². The number of nitrogens with zero attached hydrogens (tertiary/aromatic N) is 2. The molecule has 0 aromatic carbocycles. The molecule has 4 nitrogen and oxygen atoms in total. The summed E-state index contributed by atoms with van der Waals surface area (Å²) in [5, 5.41) is 20.5. The van der Waals surface area contributed by atoms with Crippen LogP contribution in [-0.2, 0) is 6.61 Å². The molecule has 0 atom stereocenters. The van der Waals surface area contributed by atoms with Gasteiger partial charge in [0.25, 0.3) is 0 Å². The van der Waals surface area contributed by atoms with Crippen LogP contribution in [0.25, 0.3) is 0 Å². The molecule has 0 amide bonds. The Balaban J connectivity index is 2.59. The molecular formula is C5H9N3OS. The van der Waals surface area contributed by atoms with E-state index < -0.39 is 0 Å². The van der Waals surface area contributed by atoms with Gasteiger partial charge < -0.3 is 10.4 Å². The molecule has 0 radical (unpaired) electrons. The van der Waals surface area contributed by atoms with E-state index in [0.717, 1.165) is 11.7 Å². The number of aliphatic hydroxyl groups is 1. The first-order chi connectivity index (χ1) is 4.86. The van der Waals surface area contributed by atoms with E-state index in [9.17, 15) is 0 Å². The molecule has 0 bridgehead atoms. The fourth-order valence-corrected chi connectivity index (χ4v) is 1.21. The van der Waals surface area contributed by atoms with Gasteiger partial charge in [-0.15, -0.1) is 10.2 Å². The maximum absolute atomic E-state index is 8.60. The van der Waals surface area contributed by atoms with Crippen LogP contribution < -0.4 is 5.32 Å². The number of aromatic nitrogens is 2. The van der Waals surface area contributed by atoms with Crippen molar-refractivity contribution in [1.29, 1.82) is 0 Å². The van der Waals surface area contributed by atoms with Gasteiger partial charge in [0.15, 0.2) is 0 Å². The highest BCUT2D eigenvalue weighted by Crippen LogP contribution is 2.13. The lowest BCUT2D eigenvalue weighted by Crippen LogP contribution is -1.94. The van der Waals surface area contributed by atoms with Crippen LogP contribution in [0, 0.1) is 0 Å². The zero-order valence-corrected chi connectivity index (χ0v) is 6.48. The Hall–Kier alpha value is -0.680. The number of rotatable bonds is 3. The van der Waals surface area contributed by atoms with Crippen molar-refractivity contribution in [3.8, 4) is 0 Å². The van der Waals surface area contributed by atoms with E-state index in [1.54, 1.807) is 0 Å². The highest BCUT2D eigenvalue weighted by Gasteiger charge is 1.99. The number of hydrogen-bond donors (Lipinski definition) is 2. The van der Waals surface area contributed by atoms with Crippen molar-refractivity contribution in [2.24, 2.45) is 0 Å². The van der Waals surface area contributed by atoms with Gasteiger partial charge >= 0.3 is 0 Å². The van der Waals surface area contributed by atoms with Crippen LogP contribution in [0.1, 0.15) is 11.9 Å². The Labute approximate surface area is 62.9 Å². The highest BCUT2D eigenvalue weighted by atomic mass is 32.1. The molecule has 2 N–H and O–H groups in total. The lowest BCUT2D eigenvalue weighted by molar-refractivity contribution is 0.280. The lowest BCUT2D eigenvalue weighted by atomic mass is 10.8. The number of anilines is 1. The van der Waals surface area contributed by atoms with Gasteiger partial charge in [-0.25, -0.2) is 0 Å². The monoisotopic (exact) mass is 159 g/mol. The molecule has 56 valence electrons. The maximum atomic E-state index is 8.60. The average molecular weight is 159 g/mol. The molecule has 1 rings (SSSR count). The minimum atomic E-state index is -0.0247. The number of aliphatic hydroxyl groups excluding tert-OH is 1. The fourth-order valence-electron chi connectivity index (χ4n) is 0.540. The Morgan fingerprint density at radius 2 is 2.40 bits per heavy atom. The van der Waals surface area contributed by atoms with Crippen molar-refractivity contribution in [2.45, 2.75) is 13.5 Å². The van der Waals surface area contributed by atoms with E-state index in [-0.39, 0.29) is 6.61 Å². The second-order valence-corrected chi connectivity index (χ2v) is 2.75. The van der Waals surface area contributed by atoms with Gasteiger partial charge in [0.1, 0.15) is 5.01 Å². The summed E-state index contributed by atoms with van der Waals surface area (Å²) in [4.78, 5) is 0. The third kappa shape index (κ3) is 1.65. The van der Waals surface area contributed by atoms with Crippen molar-refractivity contribution in [1.82, 2.24) is 10.2 Å². The first-order valence-electron chi connectivity index (χ1n) is 3.04. The Morgan fingerprint density at radius 1 is 1.60 bits per heavy atom. The van der Waals surface area contributed by atoms with E-state index in [1.165, 1.54) is 11.3 Å². The van der Waals surface area contributed by atoms with Crippen molar-refractivity contribution in [3.05, 3.63) is 5.01 Å². The summed E-state index contributed by atoms with van der Waals surface area (Å²) in [7, 11) is 0. The molecule has 0 spiro atoms. The summed E-state index contributed by atoms with van der Waals surface area (Å²) in [5.41, 5.74) is 0.